The minimum Gasteiger partial charge on any atom is -0.405 e. The molecule has 1 aliphatic rings. The van der Waals surface area contributed by atoms with E-state index in [0.29, 0.717) is 38.2 Å². The van der Waals surface area contributed by atoms with E-state index in [-0.39, 0.29) is 12.3 Å². The molecule has 0 spiro atoms. The van der Waals surface area contributed by atoms with E-state index in [1.165, 1.54) is 12.1 Å². The summed E-state index contributed by atoms with van der Waals surface area (Å²) in [5, 5.41) is 13.2. The largest absolute Gasteiger partial charge is 0.573 e. The molecule has 0 atom stereocenters. The van der Waals surface area contributed by atoms with Crippen molar-refractivity contribution in [3.8, 4) is 5.75 Å². The van der Waals surface area contributed by atoms with Crippen molar-refractivity contribution >= 4 is 0 Å². The summed E-state index contributed by atoms with van der Waals surface area (Å²) in [4.78, 5) is 0. The van der Waals surface area contributed by atoms with Gasteiger partial charge in [-0.25, -0.2) is 0 Å². The second kappa shape index (κ2) is 6.64. The summed E-state index contributed by atoms with van der Waals surface area (Å²) in [5.41, 5.74) is -0.469. The fraction of sp³-hybridized carbons (Fsp3) is 0.571. The van der Waals surface area contributed by atoms with E-state index in [1.54, 1.807) is 12.1 Å². The summed E-state index contributed by atoms with van der Waals surface area (Å²) in [6, 6.07) is 5.95. The first-order chi connectivity index (χ1) is 9.88. The van der Waals surface area contributed by atoms with Crippen molar-refractivity contribution in [2.45, 2.75) is 31.3 Å². The quantitative estimate of drug-likeness (QED) is 0.876. The molecule has 118 valence electrons. The molecule has 0 unspecified atom stereocenters. The van der Waals surface area contributed by atoms with Gasteiger partial charge in [0, 0.05) is 44.7 Å². The molecule has 7 heteroatoms. The maximum absolute atomic E-state index is 12.3. The Morgan fingerprint density at radius 1 is 1.24 bits per heavy atom. The van der Waals surface area contributed by atoms with Gasteiger partial charge in [0.25, 0.3) is 0 Å². The van der Waals surface area contributed by atoms with Crippen LogP contribution in [0, 0.1) is 0 Å². The van der Waals surface area contributed by atoms with Gasteiger partial charge in [-0.1, -0.05) is 18.2 Å². The Bertz CT molecular complexity index is 459. The lowest BCUT2D eigenvalue weighted by molar-refractivity contribution is -0.274. The summed E-state index contributed by atoms with van der Waals surface area (Å²) in [6.07, 6.45) is -3.68. The smallest absolute Gasteiger partial charge is 0.405 e. The molecule has 1 fully saturated rings. The van der Waals surface area contributed by atoms with Crippen molar-refractivity contribution in [3.05, 3.63) is 29.8 Å². The van der Waals surface area contributed by atoms with Crippen molar-refractivity contribution in [2.24, 2.45) is 0 Å². The van der Waals surface area contributed by atoms with Gasteiger partial charge in [-0.3, -0.25) is 0 Å². The van der Waals surface area contributed by atoms with Gasteiger partial charge in [0.15, 0.2) is 0 Å². The Kier molecular flexibility index (Phi) is 5.08. The molecule has 2 rings (SSSR count). The van der Waals surface area contributed by atoms with Crippen molar-refractivity contribution < 1.29 is 27.8 Å². The van der Waals surface area contributed by atoms with E-state index in [1.807, 2.05) is 0 Å². The molecule has 0 aromatic heterocycles. The number of ether oxygens (including phenoxy) is 2. The average molecular weight is 305 g/mol. The molecule has 0 radical (unpaired) electrons. The van der Waals surface area contributed by atoms with Gasteiger partial charge in [-0.15, -0.1) is 13.2 Å². The van der Waals surface area contributed by atoms with Crippen LogP contribution in [0.1, 0.15) is 18.4 Å². The van der Waals surface area contributed by atoms with Crippen LogP contribution in [0.4, 0.5) is 13.2 Å². The number of aliphatic hydroxyl groups is 1. The van der Waals surface area contributed by atoms with Gasteiger partial charge in [-0.2, -0.15) is 0 Å². The fourth-order valence-electron chi connectivity index (χ4n) is 2.23. The third-order valence-electron chi connectivity index (χ3n) is 3.39. The zero-order chi connectivity index (χ0) is 15.3. The van der Waals surface area contributed by atoms with Crippen molar-refractivity contribution in [1.29, 1.82) is 0 Å². The highest BCUT2D eigenvalue weighted by Gasteiger charge is 2.32. The van der Waals surface area contributed by atoms with Crippen LogP contribution < -0.4 is 10.1 Å². The molecule has 0 aliphatic carbocycles. The number of alkyl halides is 3. The first kappa shape index (κ1) is 16.1. The summed E-state index contributed by atoms with van der Waals surface area (Å²) < 4.78 is 46.0. The molecule has 4 nitrogen and oxygen atoms in total. The van der Waals surface area contributed by atoms with E-state index in [0.717, 1.165) is 0 Å². The molecule has 0 bridgehead atoms. The third-order valence-corrected chi connectivity index (χ3v) is 3.39. The van der Waals surface area contributed by atoms with Gasteiger partial charge in [0.1, 0.15) is 5.75 Å². The molecule has 1 aliphatic heterocycles. The minimum absolute atomic E-state index is 0.190. The first-order valence-electron chi connectivity index (χ1n) is 6.72. The van der Waals surface area contributed by atoms with Gasteiger partial charge in [0.2, 0.25) is 0 Å². The molecule has 1 saturated heterocycles. The number of hydrogen-bond donors (Lipinski definition) is 2. The lowest BCUT2D eigenvalue weighted by atomic mass is 9.94. The van der Waals surface area contributed by atoms with Crippen LogP contribution in [0.3, 0.4) is 0 Å². The Balaban J connectivity index is 1.91. The summed E-state index contributed by atoms with van der Waals surface area (Å²) in [7, 11) is 0. The molecule has 0 amide bonds. The summed E-state index contributed by atoms with van der Waals surface area (Å²) >= 11 is 0. The first-order valence-corrected chi connectivity index (χ1v) is 6.72. The Morgan fingerprint density at radius 2 is 1.90 bits per heavy atom. The predicted molar refractivity (Wildman–Crippen MR) is 69.8 cm³/mol. The Hall–Kier alpha value is -1.31. The second-order valence-corrected chi connectivity index (χ2v) is 5.10. The predicted octanol–water partition coefficient (Wildman–Crippen LogP) is 2.22. The normalized spacial score (nSPS) is 18.5. The van der Waals surface area contributed by atoms with E-state index in [4.69, 9.17) is 4.74 Å². The summed E-state index contributed by atoms with van der Waals surface area (Å²) in [6.45, 7) is 1.48. The summed E-state index contributed by atoms with van der Waals surface area (Å²) in [5.74, 6) is -0.225. The average Bonchev–Trinajstić information content (AvgIpc) is 2.40. The number of rotatable bonds is 5. The number of para-hydroxylation sites is 1. The van der Waals surface area contributed by atoms with Gasteiger partial charge in [-0.05, 0) is 6.07 Å². The van der Waals surface area contributed by atoms with E-state index >= 15 is 0 Å². The van der Waals surface area contributed by atoms with Gasteiger partial charge < -0.3 is 19.9 Å². The second-order valence-electron chi connectivity index (χ2n) is 5.10. The lowest BCUT2D eigenvalue weighted by Gasteiger charge is -2.32. The molecule has 1 aromatic carbocycles. The molecule has 21 heavy (non-hydrogen) atoms. The standard InChI is InChI=1S/C14H18F3NO3/c15-14(16,17)21-12-4-2-1-3-11(12)9-18-10-13(19)5-7-20-8-6-13/h1-4,18-19H,5-10H2. The van der Waals surface area contributed by atoms with E-state index in [9.17, 15) is 18.3 Å². The SMILES string of the molecule is OC1(CNCc2ccccc2OC(F)(F)F)CCOCC1. The molecule has 1 aromatic rings. The minimum atomic E-state index is -4.71. The topological polar surface area (TPSA) is 50.7 Å². The van der Waals surface area contributed by atoms with Crippen LogP contribution in [0.25, 0.3) is 0 Å². The van der Waals surface area contributed by atoms with E-state index < -0.39 is 12.0 Å². The zero-order valence-corrected chi connectivity index (χ0v) is 11.4. The Morgan fingerprint density at radius 3 is 2.57 bits per heavy atom. The number of hydrogen-bond acceptors (Lipinski definition) is 4. The molecular weight excluding hydrogens is 287 g/mol. The van der Waals surface area contributed by atoms with Crippen LogP contribution in [0.2, 0.25) is 0 Å². The number of halogens is 3. The Labute approximate surface area is 120 Å². The molecule has 1 heterocycles. The van der Waals surface area contributed by atoms with Crippen molar-refractivity contribution in [3.63, 3.8) is 0 Å². The highest BCUT2D eigenvalue weighted by atomic mass is 19.4. The zero-order valence-electron chi connectivity index (χ0n) is 11.4. The highest BCUT2D eigenvalue weighted by Crippen LogP contribution is 2.26. The van der Waals surface area contributed by atoms with Crippen LogP contribution in [-0.4, -0.2) is 36.8 Å². The van der Waals surface area contributed by atoms with Crippen molar-refractivity contribution in [2.75, 3.05) is 19.8 Å². The van der Waals surface area contributed by atoms with Crippen LogP contribution >= 0.6 is 0 Å². The third kappa shape index (κ3) is 5.18. The molecule has 2 N–H and O–H groups in total. The number of nitrogens with one attached hydrogen (secondary N) is 1. The number of benzene rings is 1. The highest BCUT2D eigenvalue weighted by molar-refractivity contribution is 5.33. The lowest BCUT2D eigenvalue weighted by Crippen LogP contribution is -2.44. The van der Waals surface area contributed by atoms with Gasteiger partial charge >= 0.3 is 6.36 Å². The molecule has 0 saturated carbocycles. The maximum Gasteiger partial charge on any atom is 0.573 e. The van der Waals surface area contributed by atoms with Crippen molar-refractivity contribution in [1.82, 2.24) is 5.32 Å². The fourth-order valence-corrected chi connectivity index (χ4v) is 2.23. The van der Waals surface area contributed by atoms with Gasteiger partial charge in [0.05, 0.1) is 5.60 Å². The van der Waals surface area contributed by atoms with Crippen LogP contribution in [0.15, 0.2) is 24.3 Å². The van der Waals surface area contributed by atoms with Crippen LogP contribution in [0.5, 0.6) is 5.75 Å². The molecular formula is C14H18F3NO3. The monoisotopic (exact) mass is 305 g/mol. The maximum atomic E-state index is 12.3. The van der Waals surface area contributed by atoms with E-state index in [2.05, 4.69) is 10.1 Å². The van der Waals surface area contributed by atoms with Crippen LogP contribution in [-0.2, 0) is 11.3 Å².